The summed E-state index contributed by atoms with van der Waals surface area (Å²) in [6, 6.07) is 12.3. The largest absolute Gasteiger partial charge is 0.444 e. The Bertz CT molecular complexity index is 810. The van der Waals surface area contributed by atoms with E-state index in [1.54, 1.807) is 17.6 Å². The van der Waals surface area contributed by atoms with Gasteiger partial charge in [0.05, 0.1) is 10.6 Å². The van der Waals surface area contributed by atoms with Crippen LogP contribution in [0.25, 0.3) is 10.8 Å². The number of oxazole rings is 1. The van der Waals surface area contributed by atoms with Gasteiger partial charge in [0.15, 0.2) is 0 Å². The second kappa shape index (κ2) is 9.74. The minimum Gasteiger partial charge on any atom is -0.444 e. The Morgan fingerprint density at radius 1 is 1.23 bits per heavy atom. The molecule has 1 aromatic carbocycles. The number of nitrogens with one attached hydrogen (secondary N) is 1. The van der Waals surface area contributed by atoms with Crippen LogP contribution in [0.4, 0.5) is 0 Å². The SMILES string of the molecule is Cl.Cl.Clc1ccccc1C1CNCCN1Cc1coc(-c2cccs2)n1. The predicted molar refractivity (Wildman–Crippen MR) is 112 cm³/mol. The molecule has 1 aliphatic rings. The van der Waals surface area contributed by atoms with Gasteiger partial charge in [-0.05, 0) is 23.1 Å². The average molecular weight is 433 g/mol. The average Bonchev–Trinajstić information content (AvgIpc) is 3.27. The van der Waals surface area contributed by atoms with E-state index in [9.17, 15) is 0 Å². The number of piperazine rings is 1. The number of benzene rings is 1. The first-order chi connectivity index (χ1) is 11.8. The lowest BCUT2D eigenvalue weighted by atomic mass is 10.0. The molecule has 1 unspecified atom stereocenters. The summed E-state index contributed by atoms with van der Waals surface area (Å²) in [6.07, 6.45) is 1.76. The second-order valence-electron chi connectivity index (χ2n) is 5.83. The smallest absolute Gasteiger partial charge is 0.236 e. The van der Waals surface area contributed by atoms with E-state index in [4.69, 9.17) is 16.0 Å². The summed E-state index contributed by atoms with van der Waals surface area (Å²) in [4.78, 5) is 8.12. The van der Waals surface area contributed by atoms with Crippen molar-refractivity contribution in [1.82, 2.24) is 15.2 Å². The lowest BCUT2D eigenvalue weighted by Crippen LogP contribution is -2.45. The molecule has 1 N–H and O–H groups in total. The van der Waals surface area contributed by atoms with Gasteiger partial charge in [-0.3, -0.25) is 4.90 Å². The topological polar surface area (TPSA) is 41.3 Å². The number of nitrogens with zero attached hydrogens (tertiary/aromatic N) is 2. The molecule has 3 heterocycles. The molecule has 1 saturated heterocycles. The van der Waals surface area contributed by atoms with Crippen LogP contribution in [0.5, 0.6) is 0 Å². The number of hydrogen-bond acceptors (Lipinski definition) is 5. The van der Waals surface area contributed by atoms with E-state index in [-0.39, 0.29) is 30.9 Å². The standard InChI is InChI=1S/C18H18ClN3OS.2ClH/c19-15-5-2-1-4-14(15)16-10-20-7-8-22(16)11-13-12-23-18(21-13)17-6-3-9-24-17;;/h1-6,9,12,16,20H,7-8,10-11H2;2*1H. The number of aromatic nitrogens is 1. The first kappa shape index (κ1) is 21.2. The third kappa shape index (κ3) is 4.60. The van der Waals surface area contributed by atoms with E-state index >= 15 is 0 Å². The molecule has 3 aromatic rings. The lowest BCUT2D eigenvalue weighted by molar-refractivity contribution is 0.152. The highest BCUT2D eigenvalue weighted by Crippen LogP contribution is 2.30. The van der Waals surface area contributed by atoms with Gasteiger partial charge in [-0.1, -0.05) is 35.9 Å². The van der Waals surface area contributed by atoms with Gasteiger partial charge in [0.25, 0.3) is 0 Å². The molecule has 0 spiro atoms. The van der Waals surface area contributed by atoms with Gasteiger partial charge in [0, 0.05) is 37.2 Å². The van der Waals surface area contributed by atoms with E-state index < -0.39 is 0 Å². The van der Waals surface area contributed by atoms with Gasteiger partial charge < -0.3 is 9.73 Å². The zero-order valence-corrected chi connectivity index (χ0v) is 17.1. The molecule has 1 fully saturated rings. The maximum absolute atomic E-state index is 6.41. The van der Waals surface area contributed by atoms with Crippen molar-refractivity contribution in [3.63, 3.8) is 0 Å². The molecule has 2 aromatic heterocycles. The Kier molecular flexibility index (Phi) is 7.95. The van der Waals surface area contributed by atoms with Gasteiger partial charge in [0.2, 0.25) is 5.89 Å². The summed E-state index contributed by atoms with van der Waals surface area (Å²) in [5.41, 5.74) is 2.12. The molecule has 0 aliphatic carbocycles. The third-order valence-corrected chi connectivity index (χ3v) is 5.47. The summed E-state index contributed by atoms with van der Waals surface area (Å²) >= 11 is 8.05. The van der Waals surface area contributed by atoms with E-state index in [2.05, 4.69) is 21.3 Å². The van der Waals surface area contributed by atoms with Crippen molar-refractivity contribution in [2.45, 2.75) is 12.6 Å². The van der Waals surface area contributed by atoms with Crippen molar-refractivity contribution in [3.05, 3.63) is 64.3 Å². The molecule has 0 amide bonds. The molecule has 140 valence electrons. The number of rotatable bonds is 4. The van der Waals surface area contributed by atoms with Gasteiger partial charge in [-0.15, -0.1) is 36.2 Å². The molecule has 0 saturated carbocycles. The van der Waals surface area contributed by atoms with Crippen LogP contribution in [0.1, 0.15) is 17.3 Å². The maximum atomic E-state index is 6.41. The minimum absolute atomic E-state index is 0. The quantitative estimate of drug-likeness (QED) is 0.626. The molecular weight excluding hydrogens is 413 g/mol. The Hall–Kier alpha value is -1.08. The number of thiophene rings is 1. The second-order valence-corrected chi connectivity index (χ2v) is 7.19. The van der Waals surface area contributed by atoms with Crippen molar-refractivity contribution in [1.29, 1.82) is 0 Å². The van der Waals surface area contributed by atoms with Crippen LogP contribution in [0.15, 0.2) is 52.5 Å². The zero-order chi connectivity index (χ0) is 16.4. The fraction of sp³-hybridized carbons (Fsp3) is 0.278. The molecule has 0 radical (unpaired) electrons. The predicted octanol–water partition coefficient (Wildman–Crippen LogP) is 5.05. The van der Waals surface area contributed by atoms with Crippen LogP contribution in [0.2, 0.25) is 5.02 Å². The summed E-state index contributed by atoms with van der Waals surface area (Å²) in [6.45, 7) is 3.57. The van der Waals surface area contributed by atoms with E-state index in [0.29, 0.717) is 5.89 Å². The molecule has 4 nitrogen and oxygen atoms in total. The van der Waals surface area contributed by atoms with E-state index in [0.717, 1.165) is 47.3 Å². The Morgan fingerprint density at radius 2 is 2.08 bits per heavy atom. The molecule has 4 rings (SSSR count). The van der Waals surface area contributed by atoms with Crippen LogP contribution in [0.3, 0.4) is 0 Å². The van der Waals surface area contributed by atoms with Crippen molar-refractivity contribution < 1.29 is 4.42 Å². The first-order valence-electron chi connectivity index (χ1n) is 7.99. The normalized spacial score (nSPS) is 17.3. The van der Waals surface area contributed by atoms with Crippen molar-refractivity contribution in [3.8, 4) is 10.8 Å². The fourth-order valence-electron chi connectivity index (χ4n) is 3.09. The van der Waals surface area contributed by atoms with E-state index in [1.165, 1.54) is 0 Å². The highest BCUT2D eigenvalue weighted by Gasteiger charge is 2.26. The molecular formula is C18H20Cl3N3OS. The van der Waals surface area contributed by atoms with Crippen molar-refractivity contribution in [2.24, 2.45) is 0 Å². The third-order valence-electron chi connectivity index (χ3n) is 4.27. The lowest BCUT2D eigenvalue weighted by Gasteiger charge is -2.36. The monoisotopic (exact) mass is 431 g/mol. The van der Waals surface area contributed by atoms with Crippen LogP contribution in [0, 0.1) is 0 Å². The highest BCUT2D eigenvalue weighted by molar-refractivity contribution is 7.13. The van der Waals surface area contributed by atoms with Crippen LogP contribution >= 0.6 is 47.8 Å². The fourth-order valence-corrected chi connectivity index (χ4v) is 4.01. The van der Waals surface area contributed by atoms with Crippen molar-refractivity contribution >= 4 is 47.8 Å². The number of halogens is 3. The molecule has 0 bridgehead atoms. The molecule has 1 aliphatic heterocycles. The minimum atomic E-state index is 0. The van der Waals surface area contributed by atoms with E-state index in [1.807, 2.05) is 35.7 Å². The molecule has 8 heteroatoms. The van der Waals surface area contributed by atoms with Gasteiger partial charge in [0.1, 0.15) is 6.26 Å². The van der Waals surface area contributed by atoms with Gasteiger partial charge in [-0.2, -0.15) is 0 Å². The molecule has 26 heavy (non-hydrogen) atoms. The Morgan fingerprint density at radius 3 is 2.85 bits per heavy atom. The molecule has 1 atom stereocenters. The zero-order valence-electron chi connectivity index (χ0n) is 13.9. The summed E-state index contributed by atoms with van der Waals surface area (Å²) in [7, 11) is 0. The van der Waals surface area contributed by atoms with Gasteiger partial charge >= 0.3 is 0 Å². The Balaban J connectivity index is 0.00000121. The maximum Gasteiger partial charge on any atom is 0.236 e. The summed E-state index contributed by atoms with van der Waals surface area (Å²) in [5, 5.41) is 6.31. The first-order valence-corrected chi connectivity index (χ1v) is 9.24. The summed E-state index contributed by atoms with van der Waals surface area (Å²) < 4.78 is 5.65. The number of hydrogen-bond donors (Lipinski definition) is 1. The van der Waals surface area contributed by atoms with Crippen LogP contribution < -0.4 is 5.32 Å². The van der Waals surface area contributed by atoms with Crippen LogP contribution in [-0.2, 0) is 6.54 Å². The Labute approximate surface area is 174 Å². The highest BCUT2D eigenvalue weighted by atomic mass is 35.5. The van der Waals surface area contributed by atoms with Gasteiger partial charge in [-0.25, -0.2) is 4.98 Å². The van der Waals surface area contributed by atoms with Crippen molar-refractivity contribution in [2.75, 3.05) is 19.6 Å². The summed E-state index contributed by atoms with van der Waals surface area (Å²) in [5.74, 6) is 0.699. The van der Waals surface area contributed by atoms with Crippen LogP contribution in [-0.4, -0.2) is 29.5 Å².